The molecule has 0 aliphatic heterocycles. The summed E-state index contributed by atoms with van der Waals surface area (Å²) < 4.78 is 5.59. The van der Waals surface area contributed by atoms with E-state index in [1.54, 1.807) is 0 Å². The van der Waals surface area contributed by atoms with E-state index < -0.39 is 0 Å². The highest BCUT2D eigenvalue weighted by Crippen LogP contribution is 2.38. The highest BCUT2D eigenvalue weighted by molar-refractivity contribution is 5.33. The zero-order chi connectivity index (χ0) is 10.9. The SMILES string of the molecule is CC(C)Oc1ccc(C2(N)CCC2)cc1. The van der Waals surface area contributed by atoms with E-state index in [1.807, 2.05) is 26.0 Å². The standard InChI is InChI=1S/C13H19NO/c1-10(2)15-12-6-4-11(5-7-12)13(14)8-3-9-13/h4-7,10H,3,8-9,14H2,1-2H3. The van der Waals surface area contributed by atoms with Crippen molar-refractivity contribution in [1.82, 2.24) is 0 Å². The minimum absolute atomic E-state index is 0.0592. The van der Waals surface area contributed by atoms with Gasteiger partial charge in [0.25, 0.3) is 0 Å². The van der Waals surface area contributed by atoms with Crippen molar-refractivity contribution < 1.29 is 4.74 Å². The van der Waals surface area contributed by atoms with Gasteiger partial charge in [0.05, 0.1) is 6.10 Å². The molecule has 1 saturated carbocycles. The Bertz CT molecular complexity index is 325. The molecule has 0 amide bonds. The lowest BCUT2D eigenvalue weighted by Gasteiger charge is -2.38. The third kappa shape index (κ3) is 2.15. The average molecular weight is 205 g/mol. The number of benzene rings is 1. The van der Waals surface area contributed by atoms with E-state index in [2.05, 4.69) is 12.1 Å². The number of nitrogens with two attached hydrogens (primary N) is 1. The molecule has 0 heterocycles. The van der Waals surface area contributed by atoms with Crippen LogP contribution in [-0.2, 0) is 5.54 Å². The Morgan fingerprint density at radius 3 is 2.20 bits per heavy atom. The normalized spacial score (nSPS) is 18.7. The summed E-state index contributed by atoms with van der Waals surface area (Å²) in [5.74, 6) is 0.927. The number of rotatable bonds is 3. The first-order chi connectivity index (χ1) is 7.10. The van der Waals surface area contributed by atoms with Gasteiger partial charge in [-0.2, -0.15) is 0 Å². The quantitative estimate of drug-likeness (QED) is 0.823. The Morgan fingerprint density at radius 2 is 1.80 bits per heavy atom. The molecule has 2 heteroatoms. The molecule has 1 aliphatic carbocycles. The van der Waals surface area contributed by atoms with Crippen LogP contribution in [0.1, 0.15) is 38.7 Å². The predicted octanol–water partition coefficient (Wildman–Crippen LogP) is 2.81. The van der Waals surface area contributed by atoms with Crippen molar-refractivity contribution in [2.24, 2.45) is 5.73 Å². The van der Waals surface area contributed by atoms with Gasteiger partial charge in [-0.05, 0) is 50.8 Å². The molecule has 0 aromatic heterocycles. The minimum Gasteiger partial charge on any atom is -0.491 e. The minimum atomic E-state index is -0.0592. The number of ether oxygens (including phenoxy) is 1. The average Bonchev–Trinajstić information content (AvgIpc) is 2.14. The van der Waals surface area contributed by atoms with Crippen LogP contribution in [0.2, 0.25) is 0 Å². The zero-order valence-corrected chi connectivity index (χ0v) is 9.49. The highest BCUT2D eigenvalue weighted by Gasteiger charge is 2.33. The van der Waals surface area contributed by atoms with Gasteiger partial charge in [0.1, 0.15) is 5.75 Å². The summed E-state index contributed by atoms with van der Waals surface area (Å²) in [4.78, 5) is 0. The van der Waals surface area contributed by atoms with E-state index in [0.29, 0.717) is 0 Å². The van der Waals surface area contributed by atoms with Gasteiger partial charge in [0, 0.05) is 5.54 Å². The molecule has 0 saturated heterocycles. The first kappa shape index (κ1) is 10.5. The van der Waals surface area contributed by atoms with Crippen LogP contribution in [0.3, 0.4) is 0 Å². The maximum Gasteiger partial charge on any atom is 0.119 e. The summed E-state index contributed by atoms with van der Waals surface area (Å²) in [5, 5.41) is 0. The van der Waals surface area contributed by atoms with Crippen LogP contribution in [0.5, 0.6) is 5.75 Å². The van der Waals surface area contributed by atoms with Gasteiger partial charge in [-0.15, -0.1) is 0 Å². The molecular weight excluding hydrogens is 186 g/mol. The summed E-state index contributed by atoms with van der Waals surface area (Å²) in [6.07, 6.45) is 3.70. The molecule has 0 radical (unpaired) electrons. The van der Waals surface area contributed by atoms with Crippen molar-refractivity contribution in [2.75, 3.05) is 0 Å². The fraction of sp³-hybridized carbons (Fsp3) is 0.538. The molecule has 15 heavy (non-hydrogen) atoms. The summed E-state index contributed by atoms with van der Waals surface area (Å²) >= 11 is 0. The van der Waals surface area contributed by atoms with Gasteiger partial charge < -0.3 is 10.5 Å². The van der Waals surface area contributed by atoms with E-state index in [9.17, 15) is 0 Å². The summed E-state index contributed by atoms with van der Waals surface area (Å²) in [7, 11) is 0. The van der Waals surface area contributed by atoms with Gasteiger partial charge in [-0.1, -0.05) is 12.1 Å². The van der Waals surface area contributed by atoms with Gasteiger partial charge in [0.2, 0.25) is 0 Å². The van der Waals surface area contributed by atoms with Crippen LogP contribution >= 0.6 is 0 Å². The van der Waals surface area contributed by atoms with Gasteiger partial charge >= 0.3 is 0 Å². The lowest BCUT2D eigenvalue weighted by molar-refractivity contribution is 0.240. The zero-order valence-electron chi connectivity index (χ0n) is 9.49. The second-order valence-electron chi connectivity index (χ2n) is 4.70. The summed E-state index contributed by atoms with van der Waals surface area (Å²) in [5.41, 5.74) is 7.42. The molecule has 0 spiro atoms. The molecule has 1 fully saturated rings. The predicted molar refractivity (Wildman–Crippen MR) is 61.9 cm³/mol. The summed E-state index contributed by atoms with van der Waals surface area (Å²) in [6.45, 7) is 4.06. The molecule has 1 aliphatic rings. The smallest absolute Gasteiger partial charge is 0.119 e. The van der Waals surface area contributed by atoms with Crippen LogP contribution in [-0.4, -0.2) is 6.10 Å². The maximum atomic E-state index is 6.23. The Labute approximate surface area is 91.4 Å². The largest absolute Gasteiger partial charge is 0.491 e. The van der Waals surface area contributed by atoms with Crippen molar-refractivity contribution in [3.05, 3.63) is 29.8 Å². The Balaban J connectivity index is 2.10. The van der Waals surface area contributed by atoms with E-state index in [-0.39, 0.29) is 11.6 Å². The fourth-order valence-electron chi connectivity index (χ4n) is 1.98. The maximum absolute atomic E-state index is 6.23. The van der Waals surface area contributed by atoms with Gasteiger partial charge in [0.15, 0.2) is 0 Å². The van der Waals surface area contributed by atoms with Crippen molar-refractivity contribution in [2.45, 2.75) is 44.8 Å². The van der Waals surface area contributed by atoms with E-state index >= 15 is 0 Å². The lowest BCUT2D eigenvalue weighted by atomic mass is 9.73. The number of hydrogen-bond acceptors (Lipinski definition) is 2. The molecule has 2 nitrogen and oxygen atoms in total. The van der Waals surface area contributed by atoms with Gasteiger partial charge in [-0.25, -0.2) is 0 Å². The van der Waals surface area contributed by atoms with Crippen LogP contribution in [0.25, 0.3) is 0 Å². The molecule has 1 aromatic rings. The second kappa shape index (κ2) is 3.86. The highest BCUT2D eigenvalue weighted by atomic mass is 16.5. The Morgan fingerprint density at radius 1 is 1.20 bits per heavy atom. The first-order valence-corrected chi connectivity index (χ1v) is 5.66. The third-order valence-corrected chi connectivity index (χ3v) is 3.05. The van der Waals surface area contributed by atoms with E-state index in [4.69, 9.17) is 10.5 Å². The van der Waals surface area contributed by atoms with E-state index in [1.165, 1.54) is 12.0 Å². The van der Waals surface area contributed by atoms with Crippen LogP contribution in [0, 0.1) is 0 Å². The fourth-order valence-corrected chi connectivity index (χ4v) is 1.98. The van der Waals surface area contributed by atoms with Crippen molar-refractivity contribution in [3.8, 4) is 5.75 Å². The molecule has 2 N–H and O–H groups in total. The molecule has 1 aromatic carbocycles. The second-order valence-corrected chi connectivity index (χ2v) is 4.70. The first-order valence-electron chi connectivity index (χ1n) is 5.66. The van der Waals surface area contributed by atoms with Crippen molar-refractivity contribution >= 4 is 0 Å². The van der Waals surface area contributed by atoms with Crippen molar-refractivity contribution in [3.63, 3.8) is 0 Å². The van der Waals surface area contributed by atoms with E-state index in [0.717, 1.165) is 18.6 Å². The molecule has 2 rings (SSSR count). The molecule has 0 atom stereocenters. The Hall–Kier alpha value is -1.02. The summed E-state index contributed by atoms with van der Waals surface area (Å²) in [6, 6.07) is 8.22. The van der Waals surface area contributed by atoms with Crippen LogP contribution in [0.4, 0.5) is 0 Å². The van der Waals surface area contributed by atoms with Crippen molar-refractivity contribution in [1.29, 1.82) is 0 Å². The van der Waals surface area contributed by atoms with Gasteiger partial charge in [-0.3, -0.25) is 0 Å². The Kier molecular flexibility index (Phi) is 2.70. The third-order valence-electron chi connectivity index (χ3n) is 3.05. The van der Waals surface area contributed by atoms with Crippen LogP contribution < -0.4 is 10.5 Å². The molecule has 0 bridgehead atoms. The molecule has 82 valence electrons. The topological polar surface area (TPSA) is 35.2 Å². The monoisotopic (exact) mass is 205 g/mol. The molecule has 0 unspecified atom stereocenters. The van der Waals surface area contributed by atoms with Crippen LogP contribution in [0.15, 0.2) is 24.3 Å². The number of hydrogen-bond donors (Lipinski definition) is 1. The molecular formula is C13H19NO. The lowest BCUT2D eigenvalue weighted by Crippen LogP contribution is -2.43.